The zero-order valence-corrected chi connectivity index (χ0v) is 12.9. The lowest BCUT2D eigenvalue weighted by molar-refractivity contribution is -0.140. The van der Waals surface area contributed by atoms with E-state index in [-0.39, 0.29) is 13.2 Å². The van der Waals surface area contributed by atoms with Gasteiger partial charge in [-0.2, -0.15) is 0 Å². The van der Waals surface area contributed by atoms with Crippen molar-refractivity contribution in [3.05, 3.63) is 28.0 Å². The van der Waals surface area contributed by atoms with E-state index in [2.05, 4.69) is 9.46 Å². The Morgan fingerprint density at radius 1 is 1.43 bits per heavy atom. The van der Waals surface area contributed by atoms with Crippen LogP contribution in [0.3, 0.4) is 0 Å². The summed E-state index contributed by atoms with van der Waals surface area (Å²) in [6, 6.07) is 3.36. The lowest BCUT2D eigenvalue weighted by Crippen LogP contribution is -2.30. The second kappa shape index (κ2) is 7.91. The first-order chi connectivity index (χ1) is 9.82. The van der Waals surface area contributed by atoms with E-state index >= 15 is 0 Å². The van der Waals surface area contributed by atoms with Crippen molar-refractivity contribution in [3.8, 4) is 0 Å². The second-order valence-corrected chi connectivity index (χ2v) is 6.87. The summed E-state index contributed by atoms with van der Waals surface area (Å²) in [7, 11) is -3.75. The molecule has 0 saturated heterocycles. The van der Waals surface area contributed by atoms with Crippen LogP contribution >= 0.6 is 11.3 Å². The Bertz CT molecular complexity index is 632. The molecule has 0 unspecified atom stereocenters. The topological polar surface area (TPSA) is 110 Å². The van der Waals surface area contributed by atoms with E-state index in [1.807, 2.05) is 0 Å². The van der Waals surface area contributed by atoms with Gasteiger partial charge >= 0.3 is 11.9 Å². The van der Waals surface area contributed by atoms with Crippen molar-refractivity contribution in [1.82, 2.24) is 4.72 Å². The Labute approximate surface area is 126 Å². The molecule has 0 saturated carbocycles. The molecule has 1 heterocycles. The van der Waals surface area contributed by atoms with Crippen molar-refractivity contribution in [3.63, 3.8) is 0 Å². The predicted octanol–water partition coefficient (Wildman–Crippen LogP) is 0.828. The van der Waals surface area contributed by atoms with Crippen molar-refractivity contribution in [2.75, 3.05) is 12.4 Å². The number of nitrogens with one attached hydrogen (secondary N) is 1. The Hall–Kier alpha value is -1.71. The lowest BCUT2D eigenvalue weighted by atomic mass is 10.4. The van der Waals surface area contributed by atoms with Gasteiger partial charge in [-0.05, 0) is 25.1 Å². The number of aliphatic carboxylic acids is 1. The highest BCUT2D eigenvalue weighted by Crippen LogP contribution is 2.18. The summed E-state index contributed by atoms with van der Waals surface area (Å²) >= 11 is 1.25. The molecular weight excluding hydrogens is 318 g/mol. The summed E-state index contributed by atoms with van der Waals surface area (Å²) in [4.78, 5) is 22.9. The van der Waals surface area contributed by atoms with Crippen LogP contribution in [0.4, 0.5) is 0 Å². The largest absolute Gasteiger partial charge is 0.478 e. The van der Waals surface area contributed by atoms with Crippen LogP contribution < -0.4 is 4.72 Å². The zero-order chi connectivity index (χ0) is 15.9. The van der Waals surface area contributed by atoms with Crippen LogP contribution in [0.15, 0.2) is 18.2 Å². The molecule has 2 N–H and O–H groups in total. The normalized spacial score (nSPS) is 11.7. The van der Waals surface area contributed by atoms with E-state index in [4.69, 9.17) is 5.11 Å². The van der Waals surface area contributed by atoms with Crippen LogP contribution in [0.1, 0.15) is 16.7 Å². The number of ether oxygens (including phenoxy) is 1. The maximum Gasteiger partial charge on any atom is 0.328 e. The highest BCUT2D eigenvalue weighted by Gasteiger charge is 2.17. The molecule has 0 radical (unpaired) electrons. The van der Waals surface area contributed by atoms with Crippen molar-refractivity contribution >= 4 is 39.4 Å². The number of carboxylic acids is 1. The summed E-state index contributed by atoms with van der Waals surface area (Å²) in [5.41, 5.74) is 0. The molecule has 0 amide bonds. The summed E-state index contributed by atoms with van der Waals surface area (Å²) in [6.07, 6.45) is 2.42. The molecule has 21 heavy (non-hydrogen) atoms. The predicted molar refractivity (Wildman–Crippen MR) is 78.2 cm³/mol. The summed E-state index contributed by atoms with van der Waals surface area (Å²) in [6.45, 7) is 1.75. The molecule has 1 aromatic rings. The third-order valence-electron chi connectivity index (χ3n) is 2.15. The van der Waals surface area contributed by atoms with Gasteiger partial charge in [0.15, 0.2) is 5.75 Å². The molecule has 1 aromatic heterocycles. The van der Waals surface area contributed by atoms with Crippen molar-refractivity contribution in [1.29, 1.82) is 0 Å². The summed E-state index contributed by atoms with van der Waals surface area (Å²) < 4.78 is 30.1. The van der Waals surface area contributed by atoms with E-state index in [0.717, 1.165) is 6.08 Å². The van der Waals surface area contributed by atoms with E-state index < -0.39 is 27.7 Å². The summed E-state index contributed by atoms with van der Waals surface area (Å²) in [5, 5.41) is 8.50. The number of carbonyl (C=O) groups is 2. The average molecular weight is 333 g/mol. The van der Waals surface area contributed by atoms with Crippen LogP contribution in [0, 0.1) is 0 Å². The number of carbonyl (C=O) groups excluding carboxylic acids is 1. The van der Waals surface area contributed by atoms with Crippen LogP contribution in [-0.2, 0) is 30.9 Å². The molecule has 0 aromatic carbocycles. The second-order valence-electron chi connectivity index (χ2n) is 3.86. The van der Waals surface area contributed by atoms with Crippen LogP contribution in [0.25, 0.3) is 6.08 Å². The van der Waals surface area contributed by atoms with E-state index in [1.165, 1.54) is 17.4 Å². The Balaban J connectivity index is 2.55. The van der Waals surface area contributed by atoms with Crippen molar-refractivity contribution in [2.45, 2.75) is 13.5 Å². The van der Waals surface area contributed by atoms with Crippen LogP contribution in [-0.4, -0.2) is 37.8 Å². The van der Waals surface area contributed by atoms with Gasteiger partial charge in [0, 0.05) is 22.4 Å². The quantitative estimate of drug-likeness (QED) is 0.538. The molecule has 1 rings (SSSR count). The number of hydrogen-bond donors (Lipinski definition) is 2. The fourth-order valence-corrected chi connectivity index (χ4v) is 3.14. The molecule has 0 aliphatic carbocycles. The molecule has 116 valence electrons. The standard InChI is InChI=1S/C12H15NO6S2/c1-2-19-12(16)8-21(17,18)13-7-10-4-3-9(20-10)5-6-11(14)15/h3-6,13H,2,7-8H2,1H3,(H,14,15). The van der Waals surface area contributed by atoms with Gasteiger partial charge in [0.1, 0.15) is 0 Å². The molecule has 0 atom stereocenters. The van der Waals surface area contributed by atoms with Gasteiger partial charge in [-0.25, -0.2) is 17.9 Å². The highest BCUT2D eigenvalue weighted by atomic mass is 32.2. The van der Waals surface area contributed by atoms with Gasteiger partial charge in [-0.3, -0.25) is 4.79 Å². The number of hydrogen-bond acceptors (Lipinski definition) is 6. The Morgan fingerprint density at radius 3 is 2.76 bits per heavy atom. The van der Waals surface area contributed by atoms with Gasteiger partial charge in [0.2, 0.25) is 10.0 Å². The van der Waals surface area contributed by atoms with E-state index in [1.54, 1.807) is 19.1 Å². The van der Waals surface area contributed by atoms with Crippen molar-refractivity contribution < 1.29 is 27.9 Å². The molecule has 0 aliphatic rings. The zero-order valence-electron chi connectivity index (χ0n) is 11.2. The average Bonchev–Trinajstić information content (AvgIpc) is 2.81. The maximum atomic E-state index is 11.6. The minimum absolute atomic E-state index is 0.0350. The molecule has 0 fully saturated rings. The molecule has 7 nitrogen and oxygen atoms in total. The number of carboxylic acid groups (broad SMARTS) is 1. The van der Waals surface area contributed by atoms with E-state index in [0.29, 0.717) is 9.75 Å². The molecule has 0 bridgehead atoms. The van der Waals surface area contributed by atoms with Crippen molar-refractivity contribution in [2.24, 2.45) is 0 Å². The maximum absolute atomic E-state index is 11.6. The monoisotopic (exact) mass is 333 g/mol. The van der Waals surface area contributed by atoms with Gasteiger partial charge in [-0.1, -0.05) is 0 Å². The first kappa shape index (κ1) is 17.3. The first-order valence-corrected chi connectivity index (χ1v) is 8.42. The molecule has 9 heteroatoms. The number of thiophene rings is 1. The minimum atomic E-state index is -3.75. The molecular formula is C12H15NO6S2. The minimum Gasteiger partial charge on any atom is -0.478 e. The smallest absolute Gasteiger partial charge is 0.328 e. The van der Waals surface area contributed by atoms with Crippen LogP contribution in [0.5, 0.6) is 0 Å². The number of rotatable bonds is 8. The molecule has 0 spiro atoms. The van der Waals surface area contributed by atoms with Gasteiger partial charge < -0.3 is 9.84 Å². The SMILES string of the molecule is CCOC(=O)CS(=O)(=O)NCc1ccc(C=CC(=O)O)s1. The fraction of sp³-hybridized carbons (Fsp3) is 0.333. The van der Waals surface area contributed by atoms with Crippen LogP contribution in [0.2, 0.25) is 0 Å². The number of esters is 1. The number of sulfonamides is 1. The van der Waals surface area contributed by atoms with Gasteiger partial charge in [-0.15, -0.1) is 11.3 Å². The van der Waals surface area contributed by atoms with E-state index in [9.17, 15) is 18.0 Å². The van der Waals surface area contributed by atoms with Gasteiger partial charge in [0.05, 0.1) is 6.61 Å². The summed E-state index contributed by atoms with van der Waals surface area (Å²) in [5.74, 6) is -2.58. The Morgan fingerprint density at radius 2 is 2.14 bits per heavy atom. The lowest BCUT2D eigenvalue weighted by Gasteiger charge is -2.05. The van der Waals surface area contributed by atoms with Gasteiger partial charge in [0.25, 0.3) is 0 Å². The third-order valence-corrected chi connectivity index (χ3v) is 4.40. The third kappa shape index (κ3) is 7.02. The Kier molecular flexibility index (Phi) is 6.53. The highest BCUT2D eigenvalue weighted by molar-refractivity contribution is 7.90. The first-order valence-electron chi connectivity index (χ1n) is 5.95. The fourth-order valence-electron chi connectivity index (χ4n) is 1.32. The molecule has 0 aliphatic heterocycles.